The van der Waals surface area contributed by atoms with Gasteiger partial charge in [0.1, 0.15) is 6.29 Å². The van der Waals surface area contributed by atoms with Crippen molar-refractivity contribution in [1.82, 2.24) is 4.98 Å². The summed E-state index contributed by atoms with van der Waals surface area (Å²) in [7, 11) is 0. The predicted molar refractivity (Wildman–Crippen MR) is 100 cm³/mol. The van der Waals surface area contributed by atoms with Crippen molar-refractivity contribution in [2.24, 2.45) is 0 Å². The number of pyridine rings is 1. The molecule has 0 saturated heterocycles. The van der Waals surface area contributed by atoms with Crippen molar-refractivity contribution in [2.75, 3.05) is 0 Å². The lowest BCUT2D eigenvalue weighted by Gasteiger charge is -2.30. The van der Waals surface area contributed by atoms with Crippen LogP contribution in [0, 0.1) is 0 Å². The molecule has 24 heavy (non-hydrogen) atoms. The number of aldehydes is 1. The Hall–Kier alpha value is -2.26. The van der Waals surface area contributed by atoms with Crippen LogP contribution in [0.25, 0.3) is 0 Å². The SMILES string of the molecule is CC(Cc1ccc(Br)cc1C=O)(c1ccccc1)c1ccccn1. The van der Waals surface area contributed by atoms with Crippen LogP contribution in [0.4, 0.5) is 0 Å². The van der Waals surface area contributed by atoms with Gasteiger partial charge in [-0.2, -0.15) is 0 Å². The zero-order chi connectivity index (χ0) is 17.0. The second-order valence-electron chi connectivity index (χ2n) is 6.05. The van der Waals surface area contributed by atoms with Gasteiger partial charge in [-0.05, 0) is 48.7 Å². The summed E-state index contributed by atoms with van der Waals surface area (Å²) < 4.78 is 0.910. The molecule has 0 fully saturated rings. The Bertz CT molecular complexity index is 791. The summed E-state index contributed by atoms with van der Waals surface area (Å²) in [6.45, 7) is 2.18. The molecule has 0 N–H and O–H groups in total. The Morgan fingerprint density at radius 2 is 1.79 bits per heavy atom. The van der Waals surface area contributed by atoms with E-state index < -0.39 is 0 Å². The van der Waals surface area contributed by atoms with E-state index in [0.29, 0.717) is 12.0 Å². The van der Waals surface area contributed by atoms with Crippen LogP contribution in [0.5, 0.6) is 0 Å². The molecule has 1 unspecified atom stereocenters. The van der Waals surface area contributed by atoms with Gasteiger partial charge >= 0.3 is 0 Å². The van der Waals surface area contributed by atoms with E-state index in [1.54, 1.807) is 0 Å². The number of hydrogen-bond donors (Lipinski definition) is 0. The van der Waals surface area contributed by atoms with Gasteiger partial charge in [-0.15, -0.1) is 0 Å². The third kappa shape index (κ3) is 3.31. The summed E-state index contributed by atoms with van der Waals surface area (Å²) in [6, 6.07) is 22.2. The van der Waals surface area contributed by atoms with Crippen LogP contribution < -0.4 is 0 Å². The van der Waals surface area contributed by atoms with Gasteiger partial charge < -0.3 is 0 Å². The molecule has 2 nitrogen and oxygen atoms in total. The zero-order valence-corrected chi connectivity index (χ0v) is 15.0. The van der Waals surface area contributed by atoms with Gasteiger partial charge in [0.15, 0.2) is 0 Å². The fourth-order valence-electron chi connectivity index (χ4n) is 3.05. The second kappa shape index (κ2) is 7.10. The van der Waals surface area contributed by atoms with E-state index in [1.165, 1.54) is 5.56 Å². The molecule has 1 heterocycles. The van der Waals surface area contributed by atoms with Gasteiger partial charge in [-0.3, -0.25) is 9.78 Å². The number of carbonyl (C=O) groups excluding carboxylic acids is 1. The first-order valence-electron chi connectivity index (χ1n) is 7.84. The van der Waals surface area contributed by atoms with E-state index >= 15 is 0 Å². The molecular formula is C21H18BrNO. The highest BCUT2D eigenvalue weighted by Crippen LogP contribution is 2.35. The Balaban J connectivity index is 2.12. The van der Waals surface area contributed by atoms with Crippen molar-refractivity contribution in [3.8, 4) is 0 Å². The summed E-state index contributed by atoms with van der Waals surface area (Å²) in [5.41, 5.74) is 3.60. The predicted octanol–water partition coefficient (Wildman–Crippen LogP) is 5.21. The van der Waals surface area contributed by atoms with E-state index in [2.05, 4.69) is 40.0 Å². The smallest absolute Gasteiger partial charge is 0.150 e. The summed E-state index contributed by atoms with van der Waals surface area (Å²) in [4.78, 5) is 16.1. The summed E-state index contributed by atoms with van der Waals surface area (Å²) in [5, 5.41) is 0. The fraction of sp³-hybridized carbons (Fsp3) is 0.143. The summed E-state index contributed by atoms with van der Waals surface area (Å²) >= 11 is 3.44. The van der Waals surface area contributed by atoms with Crippen LogP contribution in [0.15, 0.2) is 77.4 Å². The monoisotopic (exact) mass is 379 g/mol. The number of rotatable bonds is 5. The summed E-state index contributed by atoms with van der Waals surface area (Å²) in [6.07, 6.45) is 3.44. The van der Waals surface area contributed by atoms with Gasteiger partial charge in [0.05, 0.1) is 5.69 Å². The lowest BCUT2D eigenvalue weighted by molar-refractivity contribution is 0.112. The third-order valence-electron chi connectivity index (χ3n) is 4.42. The highest BCUT2D eigenvalue weighted by molar-refractivity contribution is 9.10. The van der Waals surface area contributed by atoms with E-state index in [4.69, 9.17) is 0 Å². The number of benzene rings is 2. The average Bonchev–Trinajstić information content (AvgIpc) is 2.64. The average molecular weight is 380 g/mol. The quantitative estimate of drug-likeness (QED) is 0.569. The molecule has 3 aromatic rings. The Morgan fingerprint density at radius 3 is 2.46 bits per heavy atom. The molecule has 0 aliphatic carbocycles. The number of halogens is 1. The molecule has 0 saturated carbocycles. The van der Waals surface area contributed by atoms with Crippen molar-refractivity contribution in [1.29, 1.82) is 0 Å². The standard InChI is InChI=1S/C21H18BrNO/c1-21(18-7-3-2-4-8-18,20-9-5-6-12-23-20)14-16-10-11-19(22)13-17(16)15-24/h2-13,15H,14H2,1H3. The molecule has 0 bridgehead atoms. The molecule has 0 radical (unpaired) electrons. The van der Waals surface area contributed by atoms with E-state index in [1.807, 2.05) is 60.8 Å². The van der Waals surface area contributed by atoms with Crippen LogP contribution in [0.3, 0.4) is 0 Å². The molecule has 3 rings (SSSR count). The Kier molecular flexibility index (Phi) is 4.91. The first kappa shape index (κ1) is 16.6. The number of carbonyl (C=O) groups is 1. The number of hydrogen-bond acceptors (Lipinski definition) is 2. The Morgan fingerprint density at radius 1 is 1.04 bits per heavy atom. The zero-order valence-electron chi connectivity index (χ0n) is 13.4. The number of aromatic nitrogens is 1. The maximum Gasteiger partial charge on any atom is 0.150 e. The van der Waals surface area contributed by atoms with Crippen molar-refractivity contribution in [3.05, 3.63) is 99.8 Å². The minimum Gasteiger partial charge on any atom is -0.298 e. The molecule has 120 valence electrons. The third-order valence-corrected chi connectivity index (χ3v) is 4.91. The molecule has 3 heteroatoms. The van der Waals surface area contributed by atoms with Gasteiger partial charge in [0, 0.05) is 21.6 Å². The first-order valence-corrected chi connectivity index (χ1v) is 8.63. The highest BCUT2D eigenvalue weighted by atomic mass is 79.9. The molecule has 1 atom stereocenters. The van der Waals surface area contributed by atoms with Crippen molar-refractivity contribution < 1.29 is 4.79 Å². The van der Waals surface area contributed by atoms with Gasteiger partial charge in [-0.25, -0.2) is 0 Å². The second-order valence-corrected chi connectivity index (χ2v) is 6.97. The maximum absolute atomic E-state index is 11.5. The van der Waals surface area contributed by atoms with Gasteiger partial charge in [0.2, 0.25) is 0 Å². The molecule has 0 amide bonds. The highest BCUT2D eigenvalue weighted by Gasteiger charge is 2.31. The molecular weight excluding hydrogens is 362 g/mol. The van der Waals surface area contributed by atoms with Crippen LogP contribution in [-0.2, 0) is 11.8 Å². The lowest BCUT2D eigenvalue weighted by Crippen LogP contribution is -2.28. The fourth-order valence-corrected chi connectivity index (χ4v) is 3.43. The van der Waals surface area contributed by atoms with Crippen LogP contribution >= 0.6 is 15.9 Å². The minimum absolute atomic E-state index is 0.311. The first-order chi connectivity index (χ1) is 11.6. The van der Waals surface area contributed by atoms with Crippen LogP contribution in [0.2, 0.25) is 0 Å². The largest absolute Gasteiger partial charge is 0.298 e. The lowest BCUT2D eigenvalue weighted by atomic mass is 9.74. The maximum atomic E-state index is 11.5. The van der Waals surface area contributed by atoms with Crippen LogP contribution in [0.1, 0.15) is 34.1 Å². The minimum atomic E-state index is -0.311. The normalized spacial score (nSPS) is 13.2. The number of nitrogens with zero attached hydrogens (tertiary/aromatic N) is 1. The van der Waals surface area contributed by atoms with E-state index in [0.717, 1.165) is 22.0 Å². The molecule has 1 aromatic heterocycles. The van der Waals surface area contributed by atoms with Crippen molar-refractivity contribution >= 4 is 22.2 Å². The molecule has 0 spiro atoms. The summed E-state index contributed by atoms with van der Waals surface area (Å²) in [5.74, 6) is 0. The van der Waals surface area contributed by atoms with Crippen molar-refractivity contribution in [3.63, 3.8) is 0 Å². The topological polar surface area (TPSA) is 30.0 Å². The van der Waals surface area contributed by atoms with Crippen molar-refractivity contribution in [2.45, 2.75) is 18.8 Å². The van der Waals surface area contributed by atoms with Gasteiger partial charge in [-0.1, -0.05) is 58.4 Å². The molecule has 2 aromatic carbocycles. The van der Waals surface area contributed by atoms with Crippen LogP contribution in [-0.4, -0.2) is 11.3 Å². The van der Waals surface area contributed by atoms with E-state index in [-0.39, 0.29) is 5.41 Å². The molecule has 0 aliphatic heterocycles. The van der Waals surface area contributed by atoms with E-state index in [9.17, 15) is 4.79 Å². The molecule has 0 aliphatic rings. The Labute approximate surface area is 150 Å². The van der Waals surface area contributed by atoms with Gasteiger partial charge in [0.25, 0.3) is 0 Å².